The molecule has 1 atom stereocenters. The Balaban J connectivity index is 0.00000208. The van der Waals surface area contributed by atoms with E-state index in [2.05, 4.69) is 10.6 Å². The summed E-state index contributed by atoms with van der Waals surface area (Å²) in [7, 11) is 0. The van der Waals surface area contributed by atoms with E-state index < -0.39 is 0 Å². The predicted octanol–water partition coefficient (Wildman–Crippen LogP) is 1.66. The molecule has 2 amide bonds. The second-order valence-electron chi connectivity index (χ2n) is 5.98. The molecule has 2 saturated heterocycles. The van der Waals surface area contributed by atoms with E-state index in [1.165, 1.54) is 0 Å². The van der Waals surface area contributed by atoms with Gasteiger partial charge in [0.1, 0.15) is 0 Å². The first kappa shape index (κ1) is 18.7. The minimum atomic E-state index is -0.137. The first-order chi connectivity index (χ1) is 11.2. The van der Waals surface area contributed by atoms with Crippen LogP contribution in [0.15, 0.2) is 24.3 Å². The first-order valence-electron chi connectivity index (χ1n) is 8.25. The third-order valence-corrected chi connectivity index (χ3v) is 4.30. The highest BCUT2D eigenvalue weighted by Gasteiger charge is 2.22. The highest BCUT2D eigenvalue weighted by Crippen LogP contribution is 2.15. The third-order valence-electron chi connectivity index (χ3n) is 4.30. The van der Waals surface area contributed by atoms with Gasteiger partial charge in [0.05, 0.1) is 19.3 Å². The summed E-state index contributed by atoms with van der Waals surface area (Å²) in [6.45, 7) is 3.27. The van der Waals surface area contributed by atoms with E-state index in [0.717, 1.165) is 25.8 Å². The van der Waals surface area contributed by atoms with Gasteiger partial charge >= 0.3 is 0 Å². The summed E-state index contributed by atoms with van der Waals surface area (Å²) < 4.78 is 5.27. The molecule has 6 nitrogen and oxygen atoms in total. The second-order valence-corrected chi connectivity index (χ2v) is 5.98. The van der Waals surface area contributed by atoms with Crippen LogP contribution in [0.25, 0.3) is 0 Å². The van der Waals surface area contributed by atoms with Crippen molar-refractivity contribution in [3.8, 4) is 0 Å². The van der Waals surface area contributed by atoms with Crippen molar-refractivity contribution in [1.29, 1.82) is 0 Å². The Morgan fingerprint density at radius 2 is 2.00 bits per heavy atom. The summed E-state index contributed by atoms with van der Waals surface area (Å²) in [4.78, 5) is 26.5. The van der Waals surface area contributed by atoms with Crippen LogP contribution < -0.4 is 10.6 Å². The van der Waals surface area contributed by atoms with Gasteiger partial charge in [0.25, 0.3) is 5.91 Å². The smallest absolute Gasteiger partial charge is 0.254 e. The molecule has 2 aliphatic heterocycles. The SMILES string of the molecule is Cl.O=C(Nc1cccc(C(=O)N2CCOCC2)c1)C1CCCCN1. The van der Waals surface area contributed by atoms with Gasteiger partial charge in [-0.2, -0.15) is 0 Å². The Morgan fingerprint density at radius 1 is 1.21 bits per heavy atom. The van der Waals surface area contributed by atoms with Crippen molar-refractivity contribution in [2.75, 3.05) is 38.2 Å². The number of nitrogens with one attached hydrogen (secondary N) is 2. The Kier molecular flexibility index (Phi) is 7.02. The Hall–Kier alpha value is -1.63. The molecule has 1 aromatic rings. The molecular weight excluding hydrogens is 330 g/mol. The molecule has 2 heterocycles. The molecular formula is C17H24ClN3O3. The summed E-state index contributed by atoms with van der Waals surface area (Å²) in [5, 5.41) is 6.14. The summed E-state index contributed by atoms with van der Waals surface area (Å²) in [6.07, 6.45) is 3.05. The van der Waals surface area contributed by atoms with Gasteiger partial charge < -0.3 is 20.3 Å². The molecule has 2 fully saturated rings. The molecule has 0 aromatic heterocycles. The van der Waals surface area contributed by atoms with Gasteiger partial charge in [-0.05, 0) is 37.6 Å². The Bertz CT molecular complexity index is 570. The van der Waals surface area contributed by atoms with Crippen LogP contribution in [0.5, 0.6) is 0 Å². The number of anilines is 1. The number of piperidine rings is 1. The number of morpholine rings is 1. The maximum Gasteiger partial charge on any atom is 0.254 e. The van der Waals surface area contributed by atoms with Crippen LogP contribution in [0.1, 0.15) is 29.6 Å². The van der Waals surface area contributed by atoms with E-state index in [1.54, 1.807) is 23.1 Å². The first-order valence-corrected chi connectivity index (χ1v) is 8.25. The average Bonchev–Trinajstić information content (AvgIpc) is 2.63. The zero-order chi connectivity index (χ0) is 16.1. The fraction of sp³-hybridized carbons (Fsp3) is 0.529. The number of carbonyl (C=O) groups excluding carboxylic acids is 2. The minimum absolute atomic E-state index is 0. The van der Waals surface area contributed by atoms with Crippen LogP contribution in [0.4, 0.5) is 5.69 Å². The monoisotopic (exact) mass is 353 g/mol. The molecule has 2 aliphatic rings. The lowest BCUT2D eigenvalue weighted by Crippen LogP contribution is -2.43. The van der Waals surface area contributed by atoms with Gasteiger partial charge in [-0.3, -0.25) is 9.59 Å². The van der Waals surface area contributed by atoms with E-state index in [9.17, 15) is 9.59 Å². The van der Waals surface area contributed by atoms with Crippen LogP contribution in [-0.4, -0.2) is 55.6 Å². The fourth-order valence-corrected chi connectivity index (χ4v) is 2.98. The van der Waals surface area contributed by atoms with Gasteiger partial charge in [0, 0.05) is 24.3 Å². The standard InChI is InChI=1S/C17H23N3O3.ClH/c21-16(15-6-1-2-7-18-15)19-14-5-3-4-13(12-14)17(22)20-8-10-23-11-9-20;/h3-5,12,15,18H,1-2,6-11H2,(H,19,21);1H. The second kappa shape index (κ2) is 9.01. The zero-order valence-corrected chi connectivity index (χ0v) is 14.4. The summed E-state index contributed by atoms with van der Waals surface area (Å²) in [6, 6.07) is 7.02. The van der Waals surface area contributed by atoms with Gasteiger partial charge in [0.2, 0.25) is 5.91 Å². The number of nitrogens with zero attached hydrogens (tertiary/aromatic N) is 1. The number of ether oxygens (including phenoxy) is 1. The van der Waals surface area contributed by atoms with Crippen molar-refractivity contribution in [3.05, 3.63) is 29.8 Å². The molecule has 7 heteroatoms. The Morgan fingerprint density at radius 3 is 2.71 bits per heavy atom. The quantitative estimate of drug-likeness (QED) is 0.867. The largest absolute Gasteiger partial charge is 0.378 e. The van der Waals surface area contributed by atoms with E-state index in [0.29, 0.717) is 37.6 Å². The molecule has 0 bridgehead atoms. The summed E-state index contributed by atoms with van der Waals surface area (Å²) in [5.41, 5.74) is 1.27. The molecule has 0 saturated carbocycles. The third kappa shape index (κ3) is 4.69. The van der Waals surface area contributed by atoms with Crippen molar-refractivity contribution in [1.82, 2.24) is 10.2 Å². The van der Waals surface area contributed by atoms with E-state index in [1.807, 2.05) is 6.07 Å². The van der Waals surface area contributed by atoms with Crippen molar-refractivity contribution in [2.45, 2.75) is 25.3 Å². The van der Waals surface area contributed by atoms with Crippen LogP contribution in [0.3, 0.4) is 0 Å². The molecule has 0 aliphatic carbocycles. The number of hydrogen-bond donors (Lipinski definition) is 2. The molecule has 0 spiro atoms. The highest BCUT2D eigenvalue weighted by atomic mass is 35.5. The number of benzene rings is 1. The van der Waals surface area contributed by atoms with E-state index in [4.69, 9.17) is 4.74 Å². The Labute approximate surface area is 148 Å². The fourth-order valence-electron chi connectivity index (χ4n) is 2.98. The van der Waals surface area contributed by atoms with E-state index in [-0.39, 0.29) is 30.3 Å². The lowest BCUT2D eigenvalue weighted by Gasteiger charge is -2.27. The highest BCUT2D eigenvalue weighted by molar-refractivity contribution is 5.98. The lowest BCUT2D eigenvalue weighted by molar-refractivity contribution is -0.118. The summed E-state index contributed by atoms with van der Waals surface area (Å²) >= 11 is 0. The molecule has 24 heavy (non-hydrogen) atoms. The van der Waals surface area contributed by atoms with Crippen molar-refractivity contribution in [3.63, 3.8) is 0 Å². The van der Waals surface area contributed by atoms with Gasteiger partial charge in [-0.1, -0.05) is 12.5 Å². The van der Waals surface area contributed by atoms with Crippen LogP contribution >= 0.6 is 12.4 Å². The normalized spacial score (nSPS) is 20.8. The lowest BCUT2D eigenvalue weighted by atomic mass is 10.0. The van der Waals surface area contributed by atoms with E-state index >= 15 is 0 Å². The average molecular weight is 354 g/mol. The van der Waals surface area contributed by atoms with Crippen molar-refractivity contribution in [2.24, 2.45) is 0 Å². The zero-order valence-electron chi connectivity index (χ0n) is 13.6. The summed E-state index contributed by atoms with van der Waals surface area (Å²) in [5.74, 6) is -0.0409. The number of rotatable bonds is 3. The number of amides is 2. The molecule has 2 N–H and O–H groups in total. The molecule has 0 radical (unpaired) electrons. The van der Waals surface area contributed by atoms with Gasteiger partial charge in [-0.15, -0.1) is 12.4 Å². The number of halogens is 1. The maximum atomic E-state index is 12.5. The topological polar surface area (TPSA) is 70.7 Å². The molecule has 1 unspecified atom stereocenters. The predicted molar refractivity (Wildman–Crippen MR) is 94.7 cm³/mol. The van der Waals surface area contributed by atoms with Gasteiger partial charge in [-0.25, -0.2) is 0 Å². The molecule has 132 valence electrons. The number of carbonyl (C=O) groups is 2. The number of hydrogen-bond acceptors (Lipinski definition) is 4. The van der Waals surface area contributed by atoms with Crippen molar-refractivity contribution < 1.29 is 14.3 Å². The molecule has 1 aromatic carbocycles. The van der Waals surface area contributed by atoms with Crippen molar-refractivity contribution >= 4 is 29.9 Å². The molecule has 3 rings (SSSR count). The van der Waals surface area contributed by atoms with Crippen LogP contribution in [0.2, 0.25) is 0 Å². The van der Waals surface area contributed by atoms with Crippen LogP contribution in [0, 0.1) is 0 Å². The maximum absolute atomic E-state index is 12.5. The minimum Gasteiger partial charge on any atom is -0.378 e. The van der Waals surface area contributed by atoms with Crippen LogP contribution in [-0.2, 0) is 9.53 Å². The van der Waals surface area contributed by atoms with Gasteiger partial charge in [0.15, 0.2) is 0 Å².